The normalized spacial score (nSPS) is 19.6. The zero-order valence-electron chi connectivity index (χ0n) is 11.3. The molecule has 6 nitrogen and oxygen atoms in total. The average Bonchev–Trinajstić information content (AvgIpc) is 2.41. The summed E-state index contributed by atoms with van der Waals surface area (Å²) in [4.78, 5) is 12.1. The standard InChI is InChI=1S/C13H19N3O3S/c1-9-4-5-11(20(14,18)19)7-12(9)16-13(17)10-3-2-6-15-8-10/h4-5,7,10,15H,2-3,6,8H2,1H3,(H,16,17)(H2,14,18,19). The number of carbonyl (C=O) groups is 1. The fourth-order valence-electron chi connectivity index (χ4n) is 2.22. The summed E-state index contributed by atoms with van der Waals surface area (Å²) < 4.78 is 22.7. The van der Waals surface area contributed by atoms with E-state index < -0.39 is 10.0 Å². The Morgan fingerprint density at radius 3 is 2.80 bits per heavy atom. The second-order valence-corrected chi connectivity index (χ2v) is 6.62. The molecule has 110 valence electrons. The number of anilines is 1. The van der Waals surface area contributed by atoms with Crippen LogP contribution in [0, 0.1) is 12.8 Å². The minimum atomic E-state index is -3.77. The number of hydrogen-bond acceptors (Lipinski definition) is 4. The quantitative estimate of drug-likeness (QED) is 0.759. The van der Waals surface area contributed by atoms with E-state index >= 15 is 0 Å². The Morgan fingerprint density at radius 2 is 2.20 bits per heavy atom. The Hall–Kier alpha value is -1.44. The lowest BCUT2D eigenvalue weighted by molar-refractivity contribution is -0.120. The van der Waals surface area contributed by atoms with Crippen LogP contribution in [0.4, 0.5) is 5.69 Å². The molecule has 0 spiro atoms. The van der Waals surface area contributed by atoms with E-state index in [0.29, 0.717) is 12.2 Å². The molecule has 1 atom stereocenters. The smallest absolute Gasteiger partial charge is 0.238 e. The molecular formula is C13H19N3O3S. The summed E-state index contributed by atoms with van der Waals surface area (Å²) in [5.74, 6) is -0.173. The minimum Gasteiger partial charge on any atom is -0.326 e. The highest BCUT2D eigenvalue weighted by atomic mass is 32.2. The van der Waals surface area contributed by atoms with Gasteiger partial charge in [-0.15, -0.1) is 0 Å². The highest BCUT2D eigenvalue weighted by Crippen LogP contribution is 2.21. The van der Waals surface area contributed by atoms with Gasteiger partial charge in [0.2, 0.25) is 15.9 Å². The lowest BCUT2D eigenvalue weighted by atomic mass is 9.98. The van der Waals surface area contributed by atoms with Gasteiger partial charge >= 0.3 is 0 Å². The highest BCUT2D eigenvalue weighted by molar-refractivity contribution is 7.89. The van der Waals surface area contributed by atoms with E-state index in [2.05, 4.69) is 10.6 Å². The molecule has 1 aliphatic heterocycles. The monoisotopic (exact) mass is 297 g/mol. The van der Waals surface area contributed by atoms with Crippen molar-refractivity contribution in [3.8, 4) is 0 Å². The third kappa shape index (κ3) is 3.56. The van der Waals surface area contributed by atoms with Gasteiger partial charge in [-0.25, -0.2) is 13.6 Å². The van der Waals surface area contributed by atoms with Gasteiger partial charge in [-0.3, -0.25) is 4.79 Å². The zero-order valence-corrected chi connectivity index (χ0v) is 12.2. The molecule has 1 fully saturated rings. The summed E-state index contributed by atoms with van der Waals surface area (Å²) in [5, 5.41) is 11.1. The van der Waals surface area contributed by atoms with E-state index in [1.165, 1.54) is 12.1 Å². The lowest BCUT2D eigenvalue weighted by Gasteiger charge is -2.22. The number of aryl methyl sites for hydroxylation is 1. The zero-order chi connectivity index (χ0) is 14.8. The second kappa shape index (κ2) is 5.90. The van der Waals surface area contributed by atoms with E-state index in [-0.39, 0.29) is 16.7 Å². The van der Waals surface area contributed by atoms with Gasteiger partial charge in [-0.05, 0) is 44.0 Å². The minimum absolute atomic E-state index is 0.000157. The van der Waals surface area contributed by atoms with Crippen molar-refractivity contribution >= 4 is 21.6 Å². The molecule has 1 unspecified atom stereocenters. The Labute approximate surface area is 118 Å². The lowest BCUT2D eigenvalue weighted by Crippen LogP contribution is -2.37. The summed E-state index contributed by atoms with van der Waals surface area (Å²) in [7, 11) is -3.77. The first kappa shape index (κ1) is 15.0. The molecule has 0 saturated carbocycles. The predicted molar refractivity (Wildman–Crippen MR) is 76.8 cm³/mol. The number of rotatable bonds is 3. The Bertz CT molecular complexity index is 607. The van der Waals surface area contributed by atoms with Crippen molar-refractivity contribution in [1.29, 1.82) is 0 Å². The van der Waals surface area contributed by atoms with Crippen molar-refractivity contribution in [3.05, 3.63) is 23.8 Å². The van der Waals surface area contributed by atoms with E-state index in [9.17, 15) is 13.2 Å². The summed E-state index contributed by atoms with van der Waals surface area (Å²) in [6.45, 7) is 3.39. The summed E-state index contributed by atoms with van der Waals surface area (Å²) >= 11 is 0. The van der Waals surface area contributed by atoms with Crippen LogP contribution in [0.1, 0.15) is 18.4 Å². The van der Waals surface area contributed by atoms with E-state index in [1.807, 2.05) is 6.92 Å². The molecule has 1 amide bonds. The van der Waals surface area contributed by atoms with Gasteiger partial charge in [-0.2, -0.15) is 0 Å². The van der Waals surface area contributed by atoms with Crippen molar-refractivity contribution in [2.24, 2.45) is 11.1 Å². The number of carbonyl (C=O) groups excluding carboxylic acids is 1. The number of piperidine rings is 1. The first-order chi connectivity index (χ1) is 9.38. The van der Waals surface area contributed by atoms with Gasteiger partial charge in [0.15, 0.2) is 0 Å². The number of sulfonamides is 1. The SMILES string of the molecule is Cc1ccc(S(N)(=O)=O)cc1NC(=O)C1CCCNC1. The van der Waals surface area contributed by atoms with E-state index in [4.69, 9.17) is 5.14 Å². The average molecular weight is 297 g/mol. The molecule has 0 aromatic heterocycles. The molecule has 0 aliphatic carbocycles. The van der Waals surface area contributed by atoms with Gasteiger partial charge in [0.25, 0.3) is 0 Å². The molecule has 1 aliphatic rings. The van der Waals surface area contributed by atoms with Crippen molar-refractivity contribution in [2.45, 2.75) is 24.7 Å². The number of nitrogens with one attached hydrogen (secondary N) is 2. The number of amides is 1. The van der Waals surface area contributed by atoms with E-state index in [0.717, 1.165) is 24.9 Å². The van der Waals surface area contributed by atoms with Gasteiger partial charge < -0.3 is 10.6 Å². The first-order valence-corrected chi connectivity index (χ1v) is 8.07. The molecule has 4 N–H and O–H groups in total. The van der Waals surface area contributed by atoms with Crippen LogP contribution in [0.5, 0.6) is 0 Å². The molecule has 1 heterocycles. The summed E-state index contributed by atoms with van der Waals surface area (Å²) in [6.07, 6.45) is 1.81. The first-order valence-electron chi connectivity index (χ1n) is 6.53. The highest BCUT2D eigenvalue weighted by Gasteiger charge is 2.21. The number of primary sulfonamides is 1. The maximum absolute atomic E-state index is 12.1. The molecule has 1 saturated heterocycles. The second-order valence-electron chi connectivity index (χ2n) is 5.05. The fraction of sp³-hybridized carbons (Fsp3) is 0.462. The van der Waals surface area contributed by atoms with Crippen LogP contribution in [0.3, 0.4) is 0 Å². The maximum atomic E-state index is 12.1. The number of benzene rings is 1. The fourth-order valence-corrected chi connectivity index (χ4v) is 2.76. The summed E-state index contributed by atoms with van der Waals surface area (Å²) in [6, 6.07) is 4.47. The maximum Gasteiger partial charge on any atom is 0.238 e. The van der Waals surface area contributed by atoms with Crippen molar-refractivity contribution in [3.63, 3.8) is 0 Å². The van der Waals surface area contributed by atoms with Crippen LogP contribution in [0.2, 0.25) is 0 Å². The van der Waals surface area contributed by atoms with Crippen LogP contribution >= 0.6 is 0 Å². The van der Waals surface area contributed by atoms with Gasteiger partial charge in [0.1, 0.15) is 0 Å². The van der Waals surface area contributed by atoms with E-state index in [1.54, 1.807) is 6.07 Å². The Balaban J connectivity index is 2.18. The van der Waals surface area contributed by atoms with Crippen LogP contribution in [0.25, 0.3) is 0 Å². The number of hydrogen-bond donors (Lipinski definition) is 3. The molecule has 1 aromatic rings. The van der Waals surface area contributed by atoms with Gasteiger partial charge in [-0.1, -0.05) is 6.07 Å². The van der Waals surface area contributed by atoms with Crippen molar-refractivity contribution in [1.82, 2.24) is 5.32 Å². The van der Waals surface area contributed by atoms with Crippen LogP contribution in [0.15, 0.2) is 23.1 Å². The van der Waals surface area contributed by atoms with Crippen molar-refractivity contribution in [2.75, 3.05) is 18.4 Å². The molecular weight excluding hydrogens is 278 g/mol. The molecule has 20 heavy (non-hydrogen) atoms. The van der Waals surface area contributed by atoms with Gasteiger partial charge in [0, 0.05) is 12.2 Å². The topological polar surface area (TPSA) is 101 Å². The molecule has 0 bridgehead atoms. The molecule has 0 radical (unpaired) electrons. The molecule has 7 heteroatoms. The predicted octanol–water partition coefficient (Wildman–Crippen LogP) is 0.581. The summed E-state index contributed by atoms with van der Waals surface area (Å²) in [5.41, 5.74) is 1.29. The molecule has 1 aromatic carbocycles. The van der Waals surface area contributed by atoms with Crippen LogP contribution in [-0.4, -0.2) is 27.4 Å². The van der Waals surface area contributed by atoms with Crippen LogP contribution in [-0.2, 0) is 14.8 Å². The third-order valence-corrected chi connectivity index (χ3v) is 4.37. The van der Waals surface area contributed by atoms with Crippen LogP contribution < -0.4 is 15.8 Å². The van der Waals surface area contributed by atoms with Gasteiger partial charge in [0.05, 0.1) is 10.8 Å². The largest absolute Gasteiger partial charge is 0.326 e. The third-order valence-electron chi connectivity index (χ3n) is 3.46. The molecule has 2 rings (SSSR count). The Morgan fingerprint density at radius 1 is 1.45 bits per heavy atom. The Kier molecular flexibility index (Phi) is 4.42. The number of nitrogens with two attached hydrogens (primary N) is 1. The van der Waals surface area contributed by atoms with Crippen molar-refractivity contribution < 1.29 is 13.2 Å².